The van der Waals surface area contributed by atoms with Crippen LogP contribution in [0.15, 0.2) is 29.3 Å². The van der Waals surface area contributed by atoms with Gasteiger partial charge in [-0.05, 0) is 56.8 Å². The third kappa shape index (κ3) is 9.80. The molecule has 1 aromatic rings. The van der Waals surface area contributed by atoms with Gasteiger partial charge in [-0.3, -0.25) is 4.79 Å². The molecule has 0 radical (unpaired) electrons. The number of halogens is 1. The summed E-state index contributed by atoms with van der Waals surface area (Å²) >= 11 is 0. The first-order valence-corrected chi connectivity index (χ1v) is 10.8. The molecule has 0 spiro atoms. The Kier molecular flexibility index (Phi) is 12.9. The fourth-order valence-electron chi connectivity index (χ4n) is 3.44. The largest absolute Gasteiger partial charge is 0.357 e. The Labute approximate surface area is 193 Å². The van der Waals surface area contributed by atoms with E-state index >= 15 is 0 Å². The lowest BCUT2D eigenvalue weighted by molar-refractivity contribution is -0.116. The van der Waals surface area contributed by atoms with Gasteiger partial charge in [-0.25, -0.2) is 4.99 Å². The smallest absolute Gasteiger partial charge is 0.224 e. The lowest BCUT2D eigenvalue weighted by Gasteiger charge is -2.32. The van der Waals surface area contributed by atoms with Crippen LogP contribution in [-0.2, 0) is 11.3 Å². The van der Waals surface area contributed by atoms with Crippen LogP contribution in [0.5, 0.6) is 0 Å². The number of nitrogens with zero attached hydrogens (tertiary/aromatic N) is 2. The second-order valence-electron chi connectivity index (χ2n) is 7.45. The van der Waals surface area contributed by atoms with Gasteiger partial charge in [0.2, 0.25) is 5.91 Å². The molecule has 0 atom stereocenters. The fraction of sp³-hybridized carbons (Fsp3) is 0.636. The molecule has 29 heavy (non-hydrogen) atoms. The van der Waals surface area contributed by atoms with Crippen LogP contribution >= 0.6 is 24.0 Å². The third-order valence-corrected chi connectivity index (χ3v) is 4.95. The number of rotatable bonds is 9. The van der Waals surface area contributed by atoms with Crippen LogP contribution in [0.3, 0.4) is 0 Å². The summed E-state index contributed by atoms with van der Waals surface area (Å²) < 4.78 is 0. The van der Waals surface area contributed by atoms with E-state index in [2.05, 4.69) is 34.7 Å². The highest BCUT2D eigenvalue weighted by Gasteiger charge is 2.19. The van der Waals surface area contributed by atoms with Crippen LogP contribution in [0, 0.1) is 0 Å². The van der Waals surface area contributed by atoms with Crippen LogP contribution < -0.4 is 16.0 Å². The standard InChI is InChI=1S/C22H37N5O.HI/c1-4-7-21(28)25-19-10-8-18(9-11-19)17-24-22(23-6-3)26-20-12-15-27(14-5-2)16-13-20;/h8-11,20H,4-7,12-17H2,1-3H3,(H,25,28)(H2,23,24,26);1H. The summed E-state index contributed by atoms with van der Waals surface area (Å²) in [5, 5.41) is 9.87. The summed E-state index contributed by atoms with van der Waals surface area (Å²) in [5.41, 5.74) is 1.97. The Balaban J connectivity index is 0.00000420. The van der Waals surface area contributed by atoms with Gasteiger partial charge in [0.1, 0.15) is 0 Å². The molecular formula is C22H38IN5O. The molecule has 164 valence electrons. The number of likely N-dealkylation sites (tertiary alicyclic amines) is 1. The molecule has 1 aliphatic heterocycles. The summed E-state index contributed by atoms with van der Waals surface area (Å²) in [4.78, 5) is 19.0. The molecule has 3 N–H and O–H groups in total. The van der Waals surface area contributed by atoms with Crippen LogP contribution in [0.1, 0.15) is 58.4 Å². The predicted octanol–water partition coefficient (Wildman–Crippen LogP) is 3.97. The number of hydrogen-bond donors (Lipinski definition) is 3. The second kappa shape index (κ2) is 14.6. The zero-order valence-corrected chi connectivity index (χ0v) is 20.5. The number of aliphatic imine (C=N–C) groups is 1. The molecule has 1 fully saturated rings. The summed E-state index contributed by atoms with van der Waals surface area (Å²) in [5.74, 6) is 0.952. The van der Waals surface area contributed by atoms with Crippen molar-refractivity contribution in [1.29, 1.82) is 0 Å². The van der Waals surface area contributed by atoms with Gasteiger partial charge in [0.25, 0.3) is 0 Å². The first-order valence-electron chi connectivity index (χ1n) is 10.8. The van der Waals surface area contributed by atoms with Gasteiger partial charge in [0, 0.05) is 37.8 Å². The number of carbonyl (C=O) groups excluding carboxylic acids is 1. The van der Waals surface area contributed by atoms with Crippen molar-refractivity contribution in [3.63, 3.8) is 0 Å². The van der Waals surface area contributed by atoms with E-state index in [0.717, 1.165) is 56.1 Å². The van der Waals surface area contributed by atoms with Gasteiger partial charge < -0.3 is 20.9 Å². The monoisotopic (exact) mass is 515 g/mol. The molecule has 0 saturated carbocycles. The Bertz CT molecular complexity index is 612. The van der Waals surface area contributed by atoms with E-state index in [-0.39, 0.29) is 29.9 Å². The van der Waals surface area contributed by atoms with E-state index in [9.17, 15) is 4.79 Å². The fourth-order valence-corrected chi connectivity index (χ4v) is 3.44. The van der Waals surface area contributed by atoms with Gasteiger partial charge >= 0.3 is 0 Å². The molecule has 2 rings (SSSR count). The van der Waals surface area contributed by atoms with Crippen molar-refractivity contribution in [1.82, 2.24) is 15.5 Å². The number of anilines is 1. The Morgan fingerprint density at radius 3 is 2.38 bits per heavy atom. The molecular weight excluding hydrogens is 477 g/mol. The first-order chi connectivity index (χ1) is 13.6. The topological polar surface area (TPSA) is 68.8 Å². The number of guanidine groups is 1. The quantitative estimate of drug-likeness (QED) is 0.265. The maximum absolute atomic E-state index is 11.7. The van der Waals surface area contributed by atoms with Gasteiger partial charge in [-0.15, -0.1) is 24.0 Å². The first kappa shape index (κ1) is 25.7. The second-order valence-corrected chi connectivity index (χ2v) is 7.45. The number of hydrogen-bond acceptors (Lipinski definition) is 3. The maximum Gasteiger partial charge on any atom is 0.224 e. The molecule has 7 heteroatoms. The van der Waals surface area contributed by atoms with Gasteiger partial charge in [0.05, 0.1) is 6.54 Å². The van der Waals surface area contributed by atoms with Crippen LogP contribution in [0.4, 0.5) is 5.69 Å². The van der Waals surface area contributed by atoms with E-state index in [4.69, 9.17) is 4.99 Å². The van der Waals surface area contributed by atoms with Crippen molar-refractivity contribution in [2.75, 3.05) is 31.5 Å². The minimum Gasteiger partial charge on any atom is -0.357 e. The molecule has 0 aliphatic carbocycles. The summed E-state index contributed by atoms with van der Waals surface area (Å²) in [6.45, 7) is 11.3. The molecule has 0 unspecified atom stereocenters. The van der Waals surface area contributed by atoms with Crippen molar-refractivity contribution in [2.45, 2.75) is 65.5 Å². The SMILES string of the molecule is CCCC(=O)Nc1ccc(CN=C(NCC)NC2CCN(CCC)CC2)cc1.I. The number of piperidine rings is 1. The minimum atomic E-state index is 0. The van der Waals surface area contributed by atoms with Crippen LogP contribution in [-0.4, -0.2) is 49.0 Å². The minimum absolute atomic E-state index is 0. The normalized spacial score (nSPS) is 15.5. The van der Waals surface area contributed by atoms with E-state index in [0.29, 0.717) is 19.0 Å². The van der Waals surface area contributed by atoms with Crippen LogP contribution in [0.2, 0.25) is 0 Å². The highest BCUT2D eigenvalue weighted by molar-refractivity contribution is 14.0. The molecule has 6 nitrogen and oxygen atoms in total. The Morgan fingerprint density at radius 1 is 1.10 bits per heavy atom. The number of amides is 1. The van der Waals surface area contributed by atoms with Gasteiger partial charge in [0.15, 0.2) is 5.96 Å². The van der Waals surface area contributed by atoms with Crippen molar-refractivity contribution in [3.05, 3.63) is 29.8 Å². The van der Waals surface area contributed by atoms with Gasteiger partial charge in [-0.2, -0.15) is 0 Å². The lowest BCUT2D eigenvalue weighted by atomic mass is 10.1. The zero-order valence-electron chi connectivity index (χ0n) is 18.2. The zero-order chi connectivity index (χ0) is 20.2. The Hall–Kier alpha value is -1.35. The molecule has 1 aromatic carbocycles. The molecule has 1 amide bonds. The molecule has 1 aliphatic rings. The van der Waals surface area contributed by atoms with E-state index < -0.39 is 0 Å². The van der Waals surface area contributed by atoms with Gasteiger partial charge in [-0.1, -0.05) is 26.0 Å². The summed E-state index contributed by atoms with van der Waals surface area (Å²) in [6, 6.07) is 8.43. The average Bonchev–Trinajstić information content (AvgIpc) is 2.69. The van der Waals surface area contributed by atoms with E-state index in [1.165, 1.54) is 13.0 Å². The van der Waals surface area contributed by atoms with E-state index in [1.54, 1.807) is 0 Å². The highest BCUT2D eigenvalue weighted by atomic mass is 127. The summed E-state index contributed by atoms with van der Waals surface area (Å²) in [7, 11) is 0. The number of nitrogens with one attached hydrogen (secondary N) is 3. The molecule has 0 aromatic heterocycles. The third-order valence-electron chi connectivity index (χ3n) is 4.95. The molecule has 0 bridgehead atoms. The molecule has 1 saturated heterocycles. The predicted molar refractivity (Wildman–Crippen MR) is 133 cm³/mol. The van der Waals surface area contributed by atoms with Crippen LogP contribution in [0.25, 0.3) is 0 Å². The number of benzene rings is 1. The van der Waals surface area contributed by atoms with Crippen molar-refractivity contribution >= 4 is 41.5 Å². The molecule has 1 heterocycles. The van der Waals surface area contributed by atoms with Crippen molar-refractivity contribution in [2.24, 2.45) is 4.99 Å². The van der Waals surface area contributed by atoms with E-state index in [1.807, 2.05) is 31.2 Å². The Morgan fingerprint density at radius 2 is 1.79 bits per heavy atom. The van der Waals surface area contributed by atoms with Crippen molar-refractivity contribution < 1.29 is 4.79 Å². The highest BCUT2D eigenvalue weighted by Crippen LogP contribution is 2.12. The van der Waals surface area contributed by atoms with Crippen molar-refractivity contribution in [3.8, 4) is 0 Å². The maximum atomic E-state index is 11.7. The average molecular weight is 515 g/mol. The summed E-state index contributed by atoms with van der Waals surface area (Å²) in [6.07, 6.45) is 4.97. The number of carbonyl (C=O) groups is 1. The lowest BCUT2D eigenvalue weighted by Crippen LogP contribution is -2.48.